The predicted octanol–water partition coefficient (Wildman–Crippen LogP) is 1.32. The third kappa shape index (κ3) is 3.11. The molecule has 0 heterocycles. The highest BCUT2D eigenvalue weighted by Gasteiger charge is 2.23. The second-order valence-corrected chi connectivity index (χ2v) is 4.46. The molecule has 0 aromatic heterocycles. The molecule has 12 heavy (non-hydrogen) atoms. The summed E-state index contributed by atoms with van der Waals surface area (Å²) in [6.45, 7) is 5.73. The SMILES string of the molecule is CC(C)C(CNC1CC1)N(C)C. The normalized spacial score (nSPS) is 20.5. The summed E-state index contributed by atoms with van der Waals surface area (Å²) in [5.74, 6) is 0.742. The van der Waals surface area contributed by atoms with Crippen molar-refractivity contribution in [3.8, 4) is 0 Å². The first-order chi connectivity index (χ1) is 5.61. The molecule has 0 amide bonds. The van der Waals surface area contributed by atoms with E-state index >= 15 is 0 Å². The van der Waals surface area contributed by atoms with Crippen LogP contribution in [0, 0.1) is 5.92 Å². The zero-order valence-electron chi connectivity index (χ0n) is 8.80. The van der Waals surface area contributed by atoms with E-state index in [1.807, 2.05) is 0 Å². The van der Waals surface area contributed by atoms with Gasteiger partial charge in [-0.05, 0) is 32.9 Å². The van der Waals surface area contributed by atoms with Crippen LogP contribution < -0.4 is 5.32 Å². The molecule has 1 unspecified atom stereocenters. The van der Waals surface area contributed by atoms with E-state index in [2.05, 4.69) is 38.2 Å². The molecule has 0 radical (unpaired) electrons. The van der Waals surface area contributed by atoms with Crippen molar-refractivity contribution in [3.63, 3.8) is 0 Å². The van der Waals surface area contributed by atoms with Crippen LogP contribution >= 0.6 is 0 Å². The van der Waals surface area contributed by atoms with Gasteiger partial charge in [0.15, 0.2) is 0 Å². The first-order valence-electron chi connectivity index (χ1n) is 5.01. The quantitative estimate of drug-likeness (QED) is 0.669. The van der Waals surface area contributed by atoms with Crippen molar-refractivity contribution in [3.05, 3.63) is 0 Å². The van der Waals surface area contributed by atoms with Crippen molar-refractivity contribution in [2.75, 3.05) is 20.6 Å². The minimum atomic E-state index is 0.686. The van der Waals surface area contributed by atoms with Gasteiger partial charge in [-0.1, -0.05) is 13.8 Å². The molecule has 1 N–H and O–H groups in total. The van der Waals surface area contributed by atoms with E-state index in [-0.39, 0.29) is 0 Å². The largest absolute Gasteiger partial charge is 0.312 e. The van der Waals surface area contributed by atoms with Gasteiger partial charge in [0.1, 0.15) is 0 Å². The average Bonchev–Trinajstić information content (AvgIpc) is 2.69. The maximum absolute atomic E-state index is 3.58. The maximum Gasteiger partial charge on any atom is 0.0237 e. The van der Waals surface area contributed by atoms with Crippen LogP contribution in [0.4, 0.5) is 0 Å². The Balaban J connectivity index is 2.21. The smallest absolute Gasteiger partial charge is 0.0237 e. The molecule has 1 aliphatic carbocycles. The Morgan fingerprint density at radius 3 is 2.25 bits per heavy atom. The van der Waals surface area contributed by atoms with Gasteiger partial charge in [-0.2, -0.15) is 0 Å². The number of nitrogens with one attached hydrogen (secondary N) is 1. The molecule has 2 nitrogen and oxygen atoms in total. The molecule has 1 rings (SSSR count). The Morgan fingerprint density at radius 1 is 1.33 bits per heavy atom. The summed E-state index contributed by atoms with van der Waals surface area (Å²) in [5, 5.41) is 3.58. The molecule has 0 aliphatic heterocycles. The summed E-state index contributed by atoms with van der Waals surface area (Å²) in [7, 11) is 4.33. The molecular weight excluding hydrogens is 148 g/mol. The van der Waals surface area contributed by atoms with Crippen LogP contribution in [0.1, 0.15) is 26.7 Å². The Hall–Kier alpha value is -0.0800. The number of hydrogen-bond acceptors (Lipinski definition) is 2. The highest BCUT2D eigenvalue weighted by molar-refractivity contribution is 4.84. The van der Waals surface area contributed by atoms with Crippen LogP contribution in [-0.2, 0) is 0 Å². The molecule has 1 atom stereocenters. The van der Waals surface area contributed by atoms with E-state index in [1.165, 1.54) is 12.8 Å². The molecular formula is C10H22N2. The zero-order chi connectivity index (χ0) is 9.14. The van der Waals surface area contributed by atoms with Crippen LogP contribution in [-0.4, -0.2) is 37.6 Å². The minimum absolute atomic E-state index is 0.686. The summed E-state index contributed by atoms with van der Waals surface area (Å²) in [4.78, 5) is 2.32. The van der Waals surface area contributed by atoms with Gasteiger partial charge in [-0.15, -0.1) is 0 Å². The van der Waals surface area contributed by atoms with E-state index in [1.54, 1.807) is 0 Å². The number of likely N-dealkylation sites (N-methyl/N-ethyl adjacent to an activating group) is 1. The van der Waals surface area contributed by atoms with Crippen LogP contribution in [0.15, 0.2) is 0 Å². The molecule has 1 fully saturated rings. The van der Waals surface area contributed by atoms with Gasteiger partial charge >= 0.3 is 0 Å². The molecule has 0 aromatic carbocycles. The maximum atomic E-state index is 3.58. The van der Waals surface area contributed by atoms with E-state index in [0.717, 1.165) is 18.5 Å². The van der Waals surface area contributed by atoms with Gasteiger partial charge in [0, 0.05) is 18.6 Å². The van der Waals surface area contributed by atoms with Gasteiger partial charge in [0.05, 0.1) is 0 Å². The van der Waals surface area contributed by atoms with Crippen LogP contribution in [0.3, 0.4) is 0 Å². The standard InChI is InChI=1S/C10H22N2/c1-8(2)10(12(3)4)7-11-9-5-6-9/h8-11H,5-7H2,1-4H3. The lowest BCUT2D eigenvalue weighted by molar-refractivity contribution is 0.224. The Labute approximate surface area is 76.3 Å². The molecule has 1 aliphatic rings. The lowest BCUT2D eigenvalue weighted by Crippen LogP contribution is -2.42. The van der Waals surface area contributed by atoms with Crippen molar-refractivity contribution in [1.29, 1.82) is 0 Å². The summed E-state index contributed by atoms with van der Waals surface area (Å²) in [6, 6.07) is 1.52. The first kappa shape index (κ1) is 10.0. The van der Waals surface area contributed by atoms with Crippen LogP contribution in [0.2, 0.25) is 0 Å². The van der Waals surface area contributed by atoms with Crippen molar-refractivity contribution in [1.82, 2.24) is 10.2 Å². The summed E-state index contributed by atoms with van der Waals surface area (Å²) in [6.07, 6.45) is 2.77. The fourth-order valence-electron chi connectivity index (χ4n) is 1.59. The van der Waals surface area contributed by atoms with Gasteiger partial charge in [0.25, 0.3) is 0 Å². The van der Waals surface area contributed by atoms with Gasteiger partial charge in [-0.3, -0.25) is 0 Å². The van der Waals surface area contributed by atoms with Crippen molar-refractivity contribution in [2.24, 2.45) is 5.92 Å². The fraction of sp³-hybridized carbons (Fsp3) is 1.00. The number of nitrogens with zero attached hydrogens (tertiary/aromatic N) is 1. The van der Waals surface area contributed by atoms with Crippen molar-refractivity contribution in [2.45, 2.75) is 38.8 Å². The number of rotatable bonds is 5. The minimum Gasteiger partial charge on any atom is -0.312 e. The summed E-state index contributed by atoms with van der Waals surface area (Å²) in [5.41, 5.74) is 0. The highest BCUT2D eigenvalue weighted by Crippen LogP contribution is 2.19. The fourth-order valence-corrected chi connectivity index (χ4v) is 1.59. The first-order valence-corrected chi connectivity index (χ1v) is 5.01. The topological polar surface area (TPSA) is 15.3 Å². The van der Waals surface area contributed by atoms with Crippen molar-refractivity contribution < 1.29 is 0 Å². The van der Waals surface area contributed by atoms with Gasteiger partial charge in [0.2, 0.25) is 0 Å². The zero-order valence-corrected chi connectivity index (χ0v) is 8.80. The van der Waals surface area contributed by atoms with E-state index in [9.17, 15) is 0 Å². The molecule has 0 spiro atoms. The Bertz CT molecular complexity index is 120. The second kappa shape index (κ2) is 4.24. The molecule has 2 heteroatoms. The molecule has 1 saturated carbocycles. The van der Waals surface area contributed by atoms with Gasteiger partial charge in [-0.25, -0.2) is 0 Å². The number of hydrogen-bond donors (Lipinski definition) is 1. The summed E-state index contributed by atoms with van der Waals surface area (Å²) < 4.78 is 0. The molecule has 72 valence electrons. The summed E-state index contributed by atoms with van der Waals surface area (Å²) >= 11 is 0. The van der Waals surface area contributed by atoms with E-state index < -0.39 is 0 Å². The third-order valence-electron chi connectivity index (χ3n) is 2.63. The lowest BCUT2D eigenvalue weighted by atomic mass is 10.0. The van der Waals surface area contributed by atoms with Crippen molar-refractivity contribution >= 4 is 0 Å². The molecule has 0 saturated heterocycles. The van der Waals surface area contributed by atoms with Crippen LogP contribution in [0.25, 0.3) is 0 Å². The molecule has 0 aromatic rings. The van der Waals surface area contributed by atoms with Gasteiger partial charge < -0.3 is 10.2 Å². The lowest BCUT2D eigenvalue weighted by Gasteiger charge is -2.28. The van der Waals surface area contributed by atoms with E-state index in [0.29, 0.717) is 6.04 Å². The second-order valence-electron chi connectivity index (χ2n) is 4.46. The average molecular weight is 170 g/mol. The predicted molar refractivity (Wildman–Crippen MR) is 53.3 cm³/mol. The Kier molecular flexibility index (Phi) is 3.53. The van der Waals surface area contributed by atoms with E-state index in [4.69, 9.17) is 0 Å². The van der Waals surface area contributed by atoms with Crippen LogP contribution in [0.5, 0.6) is 0 Å². The molecule has 0 bridgehead atoms. The highest BCUT2D eigenvalue weighted by atomic mass is 15.1. The monoisotopic (exact) mass is 170 g/mol. The third-order valence-corrected chi connectivity index (χ3v) is 2.63. The Morgan fingerprint density at radius 2 is 1.92 bits per heavy atom.